The van der Waals surface area contributed by atoms with Crippen LogP contribution >= 0.6 is 11.3 Å². The molecule has 1 amide bonds. The quantitative estimate of drug-likeness (QED) is 0.530. The van der Waals surface area contributed by atoms with Gasteiger partial charge in [-0.25, -0.2) is 9.78 Å². The predicted octanol–water partition coefficient (Wildman–Crippen LogP) is 3.50. The first-order chi connectivity index (χ1) is 14.1. The number of hydrogen-bond donors (Lipinski definition) is 1. The monoisotopic (exact) mass is 408 g/mol. The lowest BCUT2D eigenvalue weighted by Crippen LogP contribution is -2.28. The molecule has 1 N–H and O–H groups in total. The van der Waals surface area contributed by atoms with Gasteiger partial charge in [0.25, 0.3) is 0 Å². The molecule has 2 heterocycles. The lowest BCUT2D eigenvalue weighted by atomic mass is 10.1. The summed E-state index contributed by atoms with van der Waals surface area (Å²) in [5, 5.41) is 5.14. The Labute approximate surface area is 171 Å². The fourth-order valence-corrected chi connectivity index (χ4v) is 3.96. The number of fused-ring (bicyclic) bond motifs is 1. The Bertz CT molecular complexity index is 1240. The number of amides is 1. The van der Waals surface area contributed by atoms with E-state index in [2.05, 4.69) is 10.3 Å². The van der Waals surface area contributed by atoms with Crippen molar-refractivity contribution in [1.82, 2.24) is 14.1 Å². The van der Waals surface area contributed by atoms with E-state index in [1.54, 1.807) is 7.05 Å². The summed E-state index contributed by atoms with van der Waals surface area (Å²) in [6.07, 6.45) is 0. The third-order valence-electron chi connectivity index (χ3n) is 4.57. The Morgan fingerprint density at radius 3 is 2.66 bits per heavy atom. The van der Waals surface area contributed by atoms with Crippen molar-refractivity contribution < 1.29 is 9.53 Å². The molecule has 7 nitrogen and oxygen atoms in total. The minimum atomic E-state index is -0.303. The average molecular weight is 408 g/mol. The molecule has 0 saturated heterocycles. The van der Waals surface area contributed by atoms with Gasteiger partial charge in [-0.15, -0.1) is 11.3 Å². The minimum Gasteiger partial charge on any atom is -0.493 e. The maximum atomic E-state index is 12.6. The van der Waals surface area contributed by atoms with E-state index in [9.17, 15) is 9.59 Å². The van der Waals surface area contributed by atoms with Crippen LogP contribution in [-0.2, 0) is 18.4 Å². The number of carbonyl (C=O) groups is 1. The molecular weight excluding hydrogens is 388 g/mol. The average Bonchev–Trinajstić information content (AvgIpc) is 3.28. The van der Waals surface area contributed by atoms with Gasteiger partial charge < -0.3 is 10.1 Å². The number of carbonyl (C=O) groups excluding carboxylic acids is 1. The van der Waals surface area contributed by atoms with E-state index >= 15 is 0 Å². The summed E-state index contributed by atoms with van der Waals surface area (Å²) in [5.74, 6) is 0.447. The van der Waals surface area contributed by atoms with Gasteiger partial charge in [-0.3, -0.25) is 13.9 Å². The number of ether oxygens (including phenoxy) is 1. The zero-order chi connectivity index (χ0) is 20.4. The third-order valence-corrected chi connectivity index (χ3v) is 5.32. The summed E-state index contributed by atoms with van der Waals surface area (Å²) in [7, 11) is 1.70. The highest BCUT2D eigenvalue weighted by Crippen LogP contribution is 2.32. The van der Waals surface area contributed by atoms with Gasteiger partial charge in [0.05, 0.1) is 23.3 Å². The zero-order valence-corrected chi connectivity index (χ0v) is 16.9. The van der Waals surface area contributed by atoms with E-state index in [0.29, 0.717) is 11.7 Å². The van der Waals surface area contributed by atoms with Crippen LogP contribution in [0.4, 0.5) is 5.13 Å². The molecule has 0 aliphatic heterocycles. The molecule has 4 rings (SSSR count). The minimum absolute atomic E-state index is 0.0787. The first-order valence-electron chi connectivity index (χ1n) is 9.20. The number of imidazole rings is 1. The number of hydrogen-bond acceptors (Lipinski definition) is 5. The van der Waals surface area contributed by atoms with Crippen LogP contribution < -0.4 is 15.7 Å². The molecule has 2 aromatic heterocycles. The standard InChI is InChI=1S/C21H20N4O3S/c1-3-28-18-11-7-4-8-14(18)15-13-29-20(22-15)23-19(26)12-25-17-10-6-5-9-16(17)24(2)21(25)27/h4-11,13H,3,12H2,1-2H3,(H,22,23,26). The van der Waals surface area contributed by atoms with E-state index in [0.717, 1.165) is 28.0 Å². The molecule has 0 saturated carbocycles. The summed E-state index contributed by atoms with van der Waals surface area (Å²) < 4.78 is 8.65. The highest BCUT2D eigenvalue weighted by atomic mass is 32.1. The number of para-hydroxylation sites is 3. The van der Waals surface area contributed by atoms with E-state index in [4.69, 9.17) is 4.74 Å². The van der Waals surface area contributed by atoms with Crippen molar-refractivity contribution in [2.24, 2.45) is 7.05 Å². The second-order valence-corrected chi connectivity index (χ2v) is 7.29. The largest absolute Gasteiger partial charge is 0.493 e. The molecule has 0 unspecified atom stereocenters. The van der Waals surface area contributed by atoms with Crippen LogP contribution in [-0.4, -0.2) is 26.6 Å². The van der Waals surface area contributed by atoms with E-state index in [1.165, 1.54) is 20.5 Å². The van der Waals surface area contributed by atoms with Gasteiger partial charge in [0.15, 0.2) is 5.13 Å². The van der Waals surface area contributed by atoms with Gasteiger partial charge in [0.2, 0.25) is 5.91 Å². The Kier molecular flexibility index (Phi) is 5.18. The summed E-state index contributed by atoms with van der Waals surface area (Å²) >= 11 is 1.33. The number of rotatable bonds is 6. The topological polar surface area (TPSA) is 78.1 Å². The molecule has 4 aromatic rings. The van der Waals surface area contributed by atoms with Crippen LogP contribution in [0.15, 0.2) is 58.7 Å². The molecule has 0 radical (unpaired) electrons. The Hall–Kier alpha value is -3.39. The summed E-state index contributed by atoms with van der Waals surface area (Å²) in [6, 6.07) is 15.0. The number of thiazole rings is 1. The van der Waals surface area contributed by atoms with Crippen molar-refractivity contribution in [2.45, 2.75) is 13.5 Å². The van der Waals surface area contributed by atoms with Crippen LogP contribution in [0.1, 0.15) is 6.92 Å². The maximum Gasteiger partial charge on any atom is 0.329 e. The second-order valence-electron chi connectivity index (χ2n) is 6.43. The lowest BCUT2D eigenvalue weighted by Gasteiger charge is -2.07. The normalized spacial score (nSPS) is 11.0. The van der Waals surface area contributed by atoms with Gasteiger partial charge in [-0.05, 0) is 31.2 Å². The van der Waals surface area contributed by atoms with Crippen LogP contribution in [0.25, 0.3) is 22.3 Å². The number of benzene rings is 2. The van der Waals surface area contributed by atoms with E-state index in [1.807, 2.05) is 60.8 Å². The molecule has 148 valence electrons. The Morgan fingerprint density at radius 1 is 1.14 bits per heavy atom. The fraction of sp³-hybridized carbons (Fsp3) is 0.190. The van der Waals surface area contributed by atoms with Crippen molar-refractivity contribution in [3.63, 3.8) is 0 Å². The lowest BCUT2D eigenvalue weighted by molar-refractivity contribution is -0.116. The highest BCUT2D eigenvalue weighted by molar-refractivity contribution is 7.14. The van der Waals surface area contributed by atoms with Crippen LogP contribution in [0.3, 0.4) is 0 Å². The van der Waals surface area contributed by atoms with Crippen LogP contribution in [0, 0.1) is 0 Å². The van der Waals surface area contributed by atoms with Crippen molar-refractivity contribution in [3.8, 4) is 17.0 Å². The number of nitrogens with one attached hydrogen (secondary N) is 1. The van der Waals surface area contributed by atoms with E-state index in [-0.39, 0.29) is 18.1 Å². The van der Waals surface area contributed by atoms with Crippen molar-refractivity contribution in [3.05, 3.63) is 64.4 Å². The Balaban J connectivity index is 1.54. The van der Waals surface area contributed by atoms with Crippen LogP contribution in [0.2, 0.25) is 0 Å². The third kappa shape index (κ3) is 3.66. The second kappa shape index (κ2) is 7.92. The molecule has 0 spiro atoms. The predicted molar refractivity (Wildman–Crippen MR) is 115 cm³/mol. The van der Waals surface area contributed by atoms with Gasteiger partial charge in [-0.1, -0.05) is 24.3 Å². The SMILES string of the molecule is CCOc1ccccc1-c1csc(NC(=O)Cn2c(=O)n(C)c3ccccc32)n1. The molecule has 0 aliphatic carbocycles. The first-order valence-corrected chi connectivity index (χ1v) is 10.1. The number of nitrogens with zero attached hydrogens (tertiary/aromatic N) is 3. The summed E-state index contributed by atoms with van der Waals surface area (Å²) in [5.41, 5.74) is 2.88. The number of aromatic nitrogens is 3. The molecule has 2 aromatic carbocycles. The first kappa shape index (κ1) is 18.9. The molecule has 0 aliphatic rings. The van der Waals surface area contributed by atoms with Crippen molar-refractivity contribution in [1.29, 1.82) is 0 Å². The molecule has 8 heteroatoms. The zero-order valence-electron chi connectivity index (χ0n) is 16.1. The smallest absolute Gasteiger partial charge is 0.329 e. The molecule has 0 fully saturated rings. The summed E-state index contributed by atoms with van der Waals surface area (Å²) in [4.78, 5) is 29.6. The number of anilines is 1. The molecule has 0 atom stereocenters. The fourth-order valence-electron chi connectivity index (χ4n) is 3.23. The van der Waals surface area contributed by atoms with Gasteiger partial charge in [-0.2, -0.15) is 0 Å². The molecule has 29 heavy (non-hydrogen) atoms. The van der Waals surface area contributed by atoms with Gasteiger partial charge in [0, 0.05) is 18.0 Å². The molecule has 0 bridgehead atoms. The molecular formula is C21H20N4O3S. The van der Waals surface area contributed by atoms with Crippen LogP contribution in [0.5, 0.6) is 5.75 Å². The number of aryl methyl sites for hydroxylation is 1. The van der Waals surface area contributed by atoms with Gasteiger partial charge in [0.1, 0.15) is 12.3 Å². The maximum absolute atomic E-state index is 12.6. The Morgan fingerprint density at radius 2 is 1.86 bits per heavy atom. The summed E-state index contributed by atoms with van der Waals surface area (Å²) in [6.45, 7) is 2.41. The van der Waals surface area contributed by atoms with Crippen molar-refractivity contribution >= 4 is 33.4 Å². The highest BCUT2D eigenvalue weighted by Gasteiger charge is 2.15. The van der Waals surface area contributed by atoms with Crippen molar-refractivity contribution in [2.75, 3.05) is 11.9 Å². The van der Waals surface area contributed by atoms with Gasteiger partial charge >= 0.3 is 5.69 Å². The van der Waals surface area contributed by atoms with E-state index < -0.39 is 0 Å².